The second-order valence-corrected chi connectivity index (χ2v) is 33.5. The number of unbranched alkanes of at least 4 members (excludes halogenated alkanes) is 2. The number of carbonyl (C=O) groups is 19. The molecule has 4 rings (SSSR count). The minimum absolute atomic E-state index is 0.00261. The second-order valence-electron chi connectivity index (χ2n) is 33.1. The lowest BCUT2D eigenvalue weighted by Gasteiger charge is -2.33. The number of imidazole rings is 1. The molecule has 24 N–H and O–H groups in total. The molecule has 17 atom stereocenters. The molecule has 1 aromatic heterocycles. The van der Waals surface area contributed by atoms with Crippen molar-refractivity contribution < 1.29 is 106 Å². The fourth-order valence-electron chi connectivity index (χ4n) is 14.2. The highest BCUT2D eigenvalue weighted by molar-refractivity contribution is 7.80. The average molecular weight is 1790 g/mol. The number of hydrogen-bond acceptors (Lipinski definition) is 25. The zero-order valence-corrected chi connectivity index (χ0v) is 74.2. The molecule has 702 valence electrons. The van der Waals surface area contributed by atoms with Gasteiger partial charge in [0.2, 0.25) is 100 Å². The summed E-state index contributed by atoms with van der Waals surface area (Å²) >= 11 is 4.32. The van der Waals surface area contributed by atoms with Crippen LogP contribution in [-0.2, 0) is 97.5 Å². The van der Waals surface area contributed by atoms with E-state index in [-0.39, 0.29) is 101 Å². The number of rotatable bonds is 55. The summed E-state index contributed by atoms with van der Waals surface area (Å²) in [6.07, 6.45) is 4.49. The van der Waals surface area contributed by atoms with Crippen LogP contribution < -0.4 is 96.5 Å². The van der Waals surface area contributed by atoms with E-state index < -0.39 is 247 Å². The molecule has 0 aliphatic carbocycles. The Labute approximate surface area is 733 Å². The smallest absolute Gasteiger partial charge is 0.326 e. The van der Waals surface area contributed by atoms with Crippen molar-refractivity contribution in [3.63, 3.8) is 0 Å². The van der Waals surface area contributed by atoms with Crippen LogP contribution in [0.2, 0.25) is 0 Å². The Morgan fingerprint density at radius 3 is 1.46 bits per heavy atom. The van der Waals surface area contributed by atoms with Crippen LogP contribution in [0.3, 0.4) is 0 Å². The highest BCUT2D eigenvalue weighted by Gasteiger charge is 2.44. The van der Waals surface area contributed by atoms with Crippen molar-refractivity contribution in [1.29, 1.82) is 0 Å². The van der Waals surface area contributed by atoms with Crippen molar-refractivity contribution >= 4 is 125 Å². The maximum atomic E-state index is 14.6. The van der Waals surface area contributed by atoms with E-state index in [9.17, 15) is 106 Å². The Morgan fingerprint density at radius 2 is 0.952 bits per heavy atom. The van der Waals surface area contributed by atoms with Crippen LogP contribution in [0.1, 0.15) is 191 Å². The molecular formula is C80H134N22O22S. The van der Waals surface area contributed by atoms with Crippen molar-refractivity contribution in [2.45, 2.75) is 288 Å². The number of hydrogen-bond donors (Lipinski definition) is 23. The number of likely N-dealkylation sites (tertiary alicyclic amines) is 2. The van der Waals surface area contributed by atoms with E-state index in [0.29, 0.717) is 57.3 Å². The van der Waals surface area contributed by atoms with E-state index >= 15 is 0 Å². The molecule has 3 aliphatic rings. The highest BCUT2D eigenvalue weighted by atomic mass is 32.1. The topological polar surface area (TPSA) is 665 Å². The van der Waals surface area contributed by atoms with Crippen molar-refractivity contribution in [3.05, 3.63) is 18.2 Å². The van der Waals surface area contributed by atoms with Gasteiger partial charge < -0.3 is 127 Å². The molecule has 17 amide bonds. The van der Waals surface area contributed by atoms with Gasteiger partial charge in [-0.05, 0) is 160 Å². The summed E-state index contributed by atoms with van der Waals surface area (Å²) in [5, 5.41) is 71.1. The minimum Gasteiger partial charge on any atom is -0.481 e. The van der Waals surface area contributed by atoms with Crippen LogP contribution in [-0.4, -0.2) is 302 Å². The van der Waals surface area contributed by atoms with Gasteiger partial charge in [0.25, 0.3) is 0 Å². The molecule has 3 fully saturated rings. The Bertz CT molecular complexity index is 3830. The lowest BCUT2D eigenvalue weighted by atomic mass is 9.96. The number of carboxylic acids is 2. The number of aliphatic carboxylic acids is 2. The van der Waals surface area contributed by atoms with Gasteiger partial charge in [0, 0.05) is 43.6 Å². The first-order valence-electron chi connectivity index (χ1n) is 43.0. The average Bonchev–Trinajstić information content (AvgIpc) is 1.76. The number of nitrogens with two attached hydrogens (primary N) is 2. The highest BCUT2D eigenvalue weighted by Crippen LogP contribution is 2.24. The molecule has 44 nitrogen and oxygen atoms in total. The number of nitrogens with one attached hydrogen (secondary N) is 17. The Balaban J connectivity index is 1.35. The number of aliphatic hydroxyl groups is 1. The molecule has 3 saturated heterocycles. The third-order valence-electron chi connectivity index (χ3n) is 21.5. The maximum absolute atomic E-state index is 14.6. The Kier molecular flexibility index (Phi) is 46.3. The van der Waals surface area contributed by atoms with Crippen LogP contribution in [0, 0.1) is 23.7 Å². The minimum atomic E-state index is -1.74. The lowest BCUT2D eigenvalue weighted by Crippen LogP contribution is -2.61. The summed E-state index contributed by atoms with van der Waals surface area (Å²) in [5.74, 6) is -18.3. The van der Waals surface area contributed by atoms with Crippen LogP contribution in [0.4, 0.5) is 0 Å². The Morgan fingerprint density at radius 1 is 0.480 bits per heavy atom. The number of carboxylic acid groups (broad SMARTS) is 2. The number of carbonyl (C=O) groups excluding carboxylic acids is 17. The van der Waals surface area contributed by atoms with Crippen LogP contribution >= 0.6 is 12.6 Å². The molecule has 0 spiro atoms. The molecule has 0 bridgehead atoms. The van der Waals surface area contributed by atoms with Crippen molar-refractivity contribution in [3.8, 4) is 0 Å². The van der Waals surface area contributed by atoms with E-state index in [1.165, 1.54) is 43.1 Å². The van der Waals surface area contributed by atoms with Crippen molar-refractivity contribution in [2.75, 3.05) is 58.1 Å². The molecule has 125 heavy (non-hydrogen) atoms. The zero-order valence-electron chi connectivity index (χ0n) is 73.3. The zero-order chi connectivity index (χ0) is 93.5. The number of aliphatic hydroxyl groups excluding tert-OH is 1. The van der Waals surface area contributed by atoms with Gasteiger partial charge in [-0.25, -0.2) is 9.78 Å². The van der Waals surface area contributed by atoms with Gasteiger partial charge >= 0.3 is 11.9 Å². The van der Waals surface area contributed by atoms with Crippen LogP contribution in [0.15, 0.2) is 12.5 Å². The fraction of sp³-hybridized carbons (Fsp3) is 0.725. The molecule has 4 heterocycles. The summed E-state index contributed by atoms with van der Waals surface area (Å²) < 4.78 is 0. The molecule has 45 heteroatoms. The molecular weight excluding hydrogens is 1650 g/mol. The largest absolute Gasteiger partial charge is 0.481 e. The normalized spacial score (nSPS) is 18.3. The summed E-state index contributed by atoms with van der Waals surface area (Å²) in [4.78, 5) is 267. The van der Waals surface area contributed by atoms with Gasteiger partial charge in [-0.15, -0.1) is 0 Å². The summed E-state index contributed by atoms with van der Waals surface area (Å²) in [6, 6.07) is -18.9. The van der Waals surface area contributed by atoms with Crippen LogP contribution in [0.25, 0.3) is 0 Å². The van der Waals surface area contributed by atoms with Crippen LogP contribution in [0.5, 0.6) is 0 Å². The van der Waals surface area contributed by atoms with E-state index in [4.69, 9.17) is 11.5 Å². The third-order valence-corrected chi connectivity index (χ3v) is 21.9. The first-order valence-corrected chi connectivity index (χ1v) is 43.6. The maximum Gasteiger partial charge on any atom is 0.326 e. The molecule has 1 aromatic rings. The van der Waals surface area contributed by atoms with Gasteiger partial charge in [-0.2, -0.15) is 12.6 Å². The van der Waals surface area contributed by atoms with E-state index in [2.05, 4.69) is 108 Å². The summed E-state index contributed by atoms with van der Waals surface area (Å²) in [5.41, 5.74) is 11.8. The second kappa shape index (κ2) is 54.3. The number of H-pyrrole nitrogens is 1. The number of nitrogens with zero attached hydrogens (tertiary/aromatic N) is 3. The first-order chi connectivity index (χ1) is 59.0. The number of amides is 17. The van der Waals surface area contributed by atoms with Gasteiger partial charge in [-0.3, -0.25) is 86.3 Å². The lowest BCUT2D eigenvalue weighted by molar-refractivity contribution is -0.144. The number of aromatic amines is 1. The van der Waals surface area contributed by atoms with E-state index in [1.807, 2.05) is 0 Å². The van der Waals surface area contributed by atoms with Crippen molar-refractivity contribution in [2.24, 2.45) is 35.1 Å². The fourth-order valence-corrected chi connectivity index (χ4v) is 14.4. The van der Waals surface area contributed by atoms with Gasteiger partial charge in [0.1, 0.15) is 84.6 Å². The van der Waals surface area contributed by atoms with Crippen molar-refractivity contribution in [1.82, 2.24) is 105 Å². The molecule has 0 radical (unpaired) electrons. The van der Waals surface area contributed by atoms with Gasteiger partial charge in [0.15, 0.2) is 0 Å². The summed E-state index contributed by atoms with van der Waals surface area (Å²) in [6.45, 7) is 16.4. The van der Waals surface area contributed by atoms with Gasteiger partial charge in [-0.1, -0.05) is 61.8 Å². The molecule has 0 unspecified atom stereocenters. The monoisotopic (exact) mass is 1790 g/mol. The Hall–Kier alpha value is -10.7. The van der Waals surface area contributed by atoms with E-state index in [0.717, 1.165) is 6.42 Å². The number of aromatic nitrogens is 2. The first kappa shape index (κ1) is 107. The van der Waals surface area contributed by atoms with Gasteiger partial charge in [0.05, 0.1) is 38.1 Å². The van der Waals surface area contributed by atoms with E-state index in [1.54, 1.807) is 55.4 Å². The third kappa shape index (κ3) is 36.1. The molecule has 3 aliphatic heterocycles. The number of thiol groups is 1. The SMILES string of the molecule is CC[C@H](C)[C@H](NC(=O)[C@@H](NC(=O)CNC(=O)CNC(=O)[C@H](Cc1cnc[nH]1)NC(=O)[C@@H]1CCCN1C(=O)[C@H](CS)NC(=O)[C@H](C)NC(=O)[C@H](CCCCN)NC(=O)[C@@H]1CCCN1)[C@@H](C)O)C(=O)N1CCC[C@H]1C(=O)N[C@@H](C)C(=O)N[C@@H](CCCCN)C(=O)NCC(=O)N[C@@H](CCC(=O)O)C(=O)N[C@@H](CC(C)C)C(=O)N[C@@H](CC(C)C)C(=O)N[C@H](C(=O)O)C(C)C. The molecule has 0 aromatic carbocycles. The standard InChI is InChI=1S/C80H134N22O22S/c1-12-44(8)64(79(122)102-31-19-23-57(102)75(118)90-46(10)66(109)92-50(20-13-15-27-81)68(111)87-38-60(105)91-52(25-26-62(107)108)72(115)94-53(32-41(2)3)73(116)95-54(33-42(4)5)74(117)99-63(43(6)7)80(123)124)100-77(120)65(47(11)103)98-61(106)37-85-59(104)36-86-69(112)55(34-48-35-83-40-88-48)96-76(119)58-24-18-30-101(58)78(121)56(39-125)97-67(110)45(9)89-71(114)51(21-14-16-28-82)93-70(113)49-22-17-29-84-49/h35,40-47,49-58,63-65,84,103,125H,12-34,36-39,81-82H2,1-11H3,(H,83,88)(H,85,104)(H,86,112)(H,87,111)(H,89,114)(H,90,118)(H,91,105)(H,92,109)(H,93,113)(H,94,115)(H,95,116)(H,96,119)(H,97,110)(H,98,106)(H,99,117)(H,100,120)(H,107,108)(H,123,124)/t44-,45-,46-,47+,49-,50-,51-,52-,53-,54-,55-,56-,57-,58-,63-,64-,65-/m0/s1. The molecule has 0 saturated carbocycles. The summed E-state index contributed by atoms with van der Waals surface area (Å²) in [7, 11) is 0. The predicted octanol–water partition coefficient (Wildman–Crippen LogP) is -5.80. The predicted molar refractivity (Wildman–Crippen MR) is 455 cm³/mol. The quantitative estimate of drug-likeness (QED) is 0.0213.